The van der Waals surface area contributed by atoms with Crippen LogP contribution in [-0.2, 0) is 7.05 Å². The third-order valence-electron chi connectivity index (χ3n) is 2.89. The Morgan fingerprint density at radius 2 is 2.05 bits per heavy atom. The van der Waals surface area contributed by atoms with E-state index in [9.17, 15) is 10.1 Å². The average Bonchev–Trinajstić information content (AvgIpc) is 2.93. The predicted molar refractivity (Wildman–Crippen MR) is 75.0 cm³/mol. The highest BCUT2D eigenvalue weighted by atomic mass is 35.5. The summed E-state index contributed by atoms with van der Waals surface area (Å²) in [4.78, 5) is 21.6. The molecule has 0 saturated heterocycles. The lowest BCUT2D eigenvalue weighted by Gasteiger charge is -1.95. The molecule has 2 heterocycles. The lowest BCUT2D eigenvalue weighted by Crippen LogP contribution is -1.99. The molecule has 0 unspecified atom stereocenters. The van der Waals surface area contributed by atoms with Crippen LogP contribution in [0, 0.1) is 10.1 Å². The van der Waals surface area contributed by atoms with Crippen molar-refractivity contribution in [2.45, 2.75) is 0 Å². The van der Waals surface area contributed by atoms with E-state index in [1.807, 2.05) is 0 Å². The van der Waals surface area contributed by atoms with E-state index in [1.165, 1.54) is 10.8 Å². The summed E-state index contributed by atoms with van der Waals surface area (Å²) in [5.74, 6) is 0.658. The number of nitrogens with one attached hydrogen (secondary N) is 1. The molecule has 1 aromatic carbocycles. The van der Waals surface area contributed by atoms with Gasteiger partial charge in [-0.3, -0.25) is 0 Å². The number of halogens is 2. The number of H-pyrrole nitrogens is 1. The Balaban J connectivity index is 2.18. The van der Waals surface area contributed by atoms with Gasteiger partial charge >= 0.3 is 5.82 Å². The minimum absolute atomic E-state index is 0.114. The van der Waals surface area contributed by atoms with Crippen LogP contribution < -0.4 is 0 Å². The third kappa shape index (κ3) is 1.91. The van der Waals surface area contributed by atoms with Crippen LogP contribution in [0.1, 0.15) is 0 Å². The van der Waals surface area contributed by atoms with E-state index >= 15 is 0 Å². The zero-order chi connectivity index (χ0) is 14.4. The fraction of sp³-hybridized carbons (Fsp3) is 0.0909. The van der Waals surface area contributed by atoms with Crippen LogP contribution in [0.5, 0.6) is 0 Å². The van der Waals surface area contributed by atoms with Crippen LogP contribution in [0.2, 0.25) is 10.0 Å². The normalized spacial score (nSPS) is 11.2. The fourth-order valence-electron chi connectivity index (χ4n) is 1.90. The monoisotopic (exact) mass is 311 g/mol. The van der Waals surface area contributed by atoms with E-state index in [-0.39, 0.29) is 5.82 Å². The molecule has 0 aliphatic rings. The van der Waals surface area contributed by atoms with Crippen LogP contribution in [-0.4, -0.2) is 24.4 Å². The lowest BCUT2D eigenvalue weighted by molar-refractivity contribution is -0.391. The second-order valence-corrected chi connectivity index (χ2v) is 4.94. The number of nitro groups is 1. The molecule has 0 atom stereocenters. The number of benzene rings is 1. The number of nitrogens with zero attached hydrogens (tertiary/aromatic N) is 4. The Hall–Kier alpha value is -2.12. The number of hydrogen-bond donors (Lipinski definition) is 1. The maximum absolute atomic E-state index is 10.8. The molecule has 3 aromatic rings. The molecule has 0 aliphatic carbocycles. The minimum atomic E-state index is -0.507. The summed E-state index contributed by atoms with van der Waals surface area (Å²) >= 11 is 11.9. The fourth-order valence-corrected chi connectivity index (χ4v) is 2.22. The quantitative estimate of drug-likeness (QED) is 0.581. The van der Waals surface area contributed by atoms with E-state index in [0.717, 1.165) is 0 Å². The highest BCUT2D eigenvalue weighted by Crippen LogP contribution is 2.29. The Morgan fingerprint density at radius 3 is 2.70 bits per heavy atom. The van der Waals surface area contributed by atoms with Crippen molar-refractivity contribution in [2.75, 3.05) is 0 Å². The molecular formula is C11H7Cl2N5O2. The van der Waals surface area contributed by atoms with E-state index in [4.69, 9.17) is 23.2 Å². The molecule has 7 nitrogen and oxygen atoms in total. The van der Waals surface area contributed by atoms with Crippen molar-refractivity contribution in [3.63, 3.8) is 0 Å². The Labute approximate surface area is 122 Å². The summed E-state index contributed by atoms with van der Waals surface area (Å²) in [5.41, 5.74) is 1.29. The molecule has 0 bridgehead atoms. The highest BCUT2D eigenvalue weighted by molar-refractivity contribution is 6.42. The molecule has 1 N–H and O–H groups in total. The summed E-state index contributed by atoms with van der Waals surface area (Å²) in [6.45, 7) is 0. The van der Waals surface area contributed by atoms with Gasteiger partial charge < -0.3 is 15.1 Å². The Bertz CT molecular complexity index is 800. The van der Waals surface area contributed by atoms with Gasteiger partial charge in [-0.1, -0.05) is 23.2 Å². The number of rotatable bonds is 2. The van der Waals surface area contributed by atoms with Crippen molar-refractivity contribution in [1.82, 2.24) is 19.5 Å². The van der Waals surface area contributed by atoms with Crippen LogP contribution in [0.25, 0.3) is 22.7 Å². The summed E-state index contributed by atoms with van der Waals surface area (Å²) in [6, 6.07) is 3.27. The van der Waals surface area contributed by atoms with E-state index in [2.05, 4.69) is 15.0 Å². The average molecular weight is 312 g/mol. The summed E-state index contributed by atoms with van der Waals surface area (Å²) in [5, 5.41) is 11.6. The van der Waals surface area contributed by atoms with Crippen molar-refractivity contribution in [3.05, 3.63) is 38.5 Å². The van der Waals surface area contributed by atoms with Crippen LogP contribution in [0.4, 0.5) is 5.82 Å². The van der Waals surface area contributed by atoms with Gasteiger partial charge in [-0.15, -0.1) is 0 Å². The molecule has 3 rings (SSSR count). The van der Waals surface area contributed by atoms with Crippen molar-refractivity contribution < 1.29 is 4.92 Å². The van der Waals surface area contributed by atoms with Gasteiger partial charge in [0.05, 0.1) is 28.1 Å². The molecule has 0 aliphatic heterocycles. The SMILES string of the molecule is Cn1c([N+](=O)[O-])cnc1-c1nc2cc(Cl)c(Cl)cc2[nH]1. The first-order valence-corrected chi connectivity index (χ1v) is 6.24. The largest absolute Gasteiger partial charge is 0.358 e. The van der Waals surface area contributed by atoms with Crippen molar-refractivity contribution in [1.29, 1.82) is 0 Å². The molecule has 9 heteroatoms. The van der Waals surface area contributed by atoms with Gasteiger partial charge in [-0.25, -0.2) is 14.5 Å². The Morgan fingerprint density at radius 1 is 1.35 bits per heavy atom. The predicted octanol–water partition coefficient (Wildman–Crippen LogP) is 3.18. The van der Waals surface area contributed by atoms with Gasteiger partial charge in [0.2, 0.25) is 0 Å². The molecule has 0 amide bonds. The van der Waals surface area contributed by atoms with E-state index < -0.39 is 4.92 Å². The van der Waals surface area contributed by atoms with Crippen LogP contribution >= 0.6 is 23.2 Å². The van der Waals surface area contributed by atoms with Gasteiger partial charge in [0.15, 0.2) is 5.82 Å². The molecule has 2 aromatic heterocycles. The molecule has 0 fully saturated rings. The van der Waals surface area contributed by atoms with Crippen LogP contribution in [0.3, 0.4) is 0 Å². The zero-order valence-corrected chi connectivity index (χ0v) is 11.6. The standard InChI is InChI=1S/C11H7Cl2N5O2/c1-17-9(18(19)20)4-14-11(17)10-15-7-2-5(12)6(13)3-8(7)16-10/h2-4H,1H3,(H,15,16). The summed E-state index contributed by atoms with van der Waals surface area (Å²) in [7, 11) is 1.55. The molecule has 102 valence electrons. The maximum Gasteiger partial charge on any atom is 0.343 e. The molecule has 0 spiro atoms. The number of fused-ring (bicyclic) bond motifs is 1. The van der Waals surface area contributed by atoms with Gasteiger partial charge in [0.1, 0.15) is 6.20 Å². The number of aromatic nitrogens is 4. The summed E-state index contributed by atoms with van der Waals surface area (Å²) < 4.78 is 1.35. The second kappa shape index (κ2) is 4.46. The van der Waals surface area contributed by atoms with Gasteiger partial charge in [0.25, 0.3) is 5.82 Å². The number of hydrogen-bond acceptors (Lipinski definition) is 4. The number of imidazole rings is 2. The molecule has 0 saturated carbocycles. The summed E-state index contributed by atoms with van der Waals surface area (Å²) in [6.07, 6.45) is 1.18. The number of aromatic amines is 1. The first-order valence-electron chi connectivity index (χ1n) is 5.48. The zero-order valence-electron chi connectivity index (χ0n) is 10.1. The van der Waals surface area contributed by atoms with Gasteiger partial charge in [-0.2, -0.15) is 0 Å². The van der Waals surface area contributed by atoms with Gasteiger partial charge in [-0.05, 0) is 17.1 Å². The maximum atomic E-state index is 10.8. The van der Waals surface area contributed by atoms with Crippen molar-refractivity contribution in [3.8, 4) is 11.6 Å². The van der Waals surface area contributed by atoms with Crippen LogP contribution in [0.15, 0.2) is 18.3 Å². The van der Waals surface area contributed by atoms with E-state index in [0.29, 0.717) is 32.7 Å². The third-order valence-corrected chi connectivity index (χ3v) is 3.61. The smallest absolute Gasteiger partial charge is 0.343 e. The highest BCUT2D eigenvalue weighted by Gasteiger charge is 2.21. The van der Waals surface area contributed by atoms with E-state index in [1.54, 1.807) is 19.2 Å². The van der Waals surface area contributed by atoms with Gasteiger partial charge in [0, 0.05) is 0 Å². The van der Waals surface area contributed by atoms with Crippen molar-refractivity contribution >= 4 is 40.1 Å². The molecular weight excluding hydrogens is 305 g/mol. The topological polar surface area (TPSA) is 89.6 Å². The first-order chi connectivity index (χ1) is 9.47. The minimum Gasteiger partial charge on any atom is -0.358 e. The van der Waals surface area contributed by atoms with Crippen molar-refractivity contribution in [2.24, 2.45) is 7.05 Å². The second-order valence-electron chi connectivity index (χ2n) is 4.13. The first kappa shape index (κ1) is 12.9. The molecule has 20 heavy (non-hydrogen) atoms. The Kier molecular flexibility index (Phi) is 2.88. The molecule has 0 radical (unpaired) electrons. The lowest BCUT2D eigenvalue weighted by atomic mass is 10.3.